The number of carboxylic acid groups (broad SMARTS) is 1. The molecule has 0 fully saturated rings. The van der Waals surface area contributed by atoms with E-state index in [-0.39, 0.29) is 17.8 Å². The fraction of sp³-hybridized carbons (Fsp3) is 0.167. The van der Waals surface area contributed by atoms with Gasteiger partial charge in [0, 0.05) is 24.3 Å². The molecule has 0 heterocycles. The lowest BCUT2D eigenvalue weighted by Gasteiger charge is -2.20. The quantitative estimate of drug-likeness (QED) is 0.841. The van der Waals surface area contributed by atoms with E-state index in [1.54, 1.807) is 13.0 Å². The van der Waals surface area contributed by atoms with E-state index in [1.165, 1.54) is 0 Å². The van der Waals surface area contributed by atoms with E-state index in [1.807, 2.05) is 0 Å². The molecule has 1 aromatic rings. The summed E-state index contributed by atoms with van der Waals surface area (Å²) in [6.45, 7) is 1.58. The molecule has 0 saturated carbocycles. The zero-order valence-corrected chi connectivity index (χ0v) is 9.52. The zero-order chi connectivity index (χ0) is 13.7. The Bertz CT molecular complexity index is 535. The molecule has 1 amide bonds. The van der Waals surface area contributed by atoms with Crippen LogP contribution in [0.1, 0.15) is 12.5 Å². The molecule has 0 aliphatic heterocycles. The second kappa shape index (κ2) is 5.77. The van der Waals surface area contributed by atoms with Crippen LogP contribution in [0.3, 0.4) is 0 Å². The summed E-state index contributed by atoms with van der Waals surface area (Å²) in [4.78, 5) is 11.8. The zero-order valence-electron chi connectivity index (χ0n) is 9.52. The summed E-state index contributed by atoms with van der Waals surface area (Å²) >= 11 is 0. The Morgan fingerprint density at radius 3 is 2.67 bits per heavy atom. The Morgan fingerprint density at radius 2 is 2.22 bits per heavy atom. The van der Waals surface area contributed by atoms with Gasteiger partial charge >= 0.3 is 6.09 Å². The van der Waals surface area contributed by atoms with Gasteiger partial charge in [0.15, 0.2) is 0 Å². The predicted molar refractivity (Wildman–Crippen MR) is 60.4 cm³/mol. The summed E-state index contributed by atoms with van der Waals surface area (Å²) in [5.74, 6) is -1.69. The van der Waals surface area contributed by atoms with Gasteiger partial charge in [0.25, 0.3) is 0 Å². The van der Waals surface area contributed by atoms with Crippen molar-refractivity contribution in [1.82, 2.24) is 4.90 Å². The van der Waals surface area contributed by atoms with Gasteiger partial charge in [-0.15, -0.1) is 0 Å². The van der Waals surface area contributed by atoms with Crippen molar-refractivity contribution in [3.8, 4) is 6.07 Å². The van der Waals surface area contributed by atoms with Crippen LogP contribution in [-0.4, -0.2) is 22.6 Å². The largest absolute Gasteiger partial charge is 0.465 e. The fourth-order valence-electron chi connectivity index (χ4n) is 1.47. The molecule has 1 rings (SSSR count). The lowest BCUT2D eigenvalue weighted by Crippen LogP contribution is -2.28. The molecule has 94 valence electrons. The van der Waals surface area contributed by atoms with Gasteiger partial charge in [0.1, 0.15) is 11.6 Å². The van der Waals surface area contributed by atoms with Crippen LogP contribution < -0.4 is 0 Å². The molecule has 0 atom stereocenters. The van der Waals surface area contributed by atoms with Crippen LogP contribution in [0.4, 0.5) is 13.6 Å². The Labute approximate surface area is 102 Å². The summed E-state index contributed by atoms with van der Waals surface area (Å²) in [5.41, 5.74) is -0.257. The highest BCUT2D eigenvalue weighted by Crippen LogP contribution is 2.22. The number of rotatable bonds is 3. The molecule has 0 aromatic heterocycles. The molecule has 4 nitrogen and oxygen atoms in total. The Balaban J connectivity index is 3.34. The second-order valence-corrected chi connectivity index (χ2v) is 3.31. The average molecular weight is 252 g/mol. The number of benzene rings is 1. The highest BCUT2D eigenvalue weighted by Gasteiger charge is 2.19. The molecule has 0 radical (unpaired) electrons. The van der Waals surface area contributed by atoms with Crippen molar-refractivity contribution < 1.29 is 18.7 Å². The first-order valence-electron chi connectivity index (χ1n) is 5.07. The minimum absolute atomic E-state index is 0.0413. The van der Waals surface area contributed by atoms with Crippen molar-refractivity contribution in [1.29, 1.82) is 5.26 Å². The van der Waals surface area contributed by atoms with Crippen molar-refractivity contribution in [3.05, 3.63) is 41.5 Å². The third-order valence-corrected chi connectivity index (χ3v) is 2.25. The molecule has 6 heteroatoms. The molecule has 1 aromatic carbocycles. The van der Waals surface area contributed by atoms with E-state index in [0.717, 1.165) is 23.1 Å². The predicted octanol–water partition coefficient (Wildman–Crippen LogP) is 2.83. The maximum absolute atomic E-state index is 13.6. The molecule has 0 spiro atoms. The first-order valence-corrected chi connectivity index (χ1v) is 5.07. The third-order valence-electron chi connectivity index (χ3n) is 2.25. The van der Waals surface area contributed by atoms with Crippen LogP contribution in [0.2, 0.25) is 0 Å². The topological polar surface area (TPSA) is 64.3 Å². The molecule has 0 bridgehead atoms. The Morgan fingerprint density at radius 1 is 1.56 bits per heavy atom. The summed E-state index contributed by atoms with van der Waals surface area (Å²) < 4.78 is 26.4. The SMILES string of the molecule is CCN(C(=O)O)/C(=C/C#N)c1ccc(F)cc1F. The van der Waals surface area contributed by atoms with E-state index in [4.69, 9.17) is 10.4 Å². The smallest absolute Gasteiger partial charge is 0.411 e. The first kappa shape index (κ1) is 13.6. The average Bonchev–Trinajstić information content (AvgIpc) is 2.28. The number of halogens is 2. The van der Waals surface area contributed by atoms with Crippen LogP contribution in [0.15, 0.2) is 24.3 Å². The lowest BCUT2D eigenvalue weighted by molar-refractivity contribution is 0.168. The molecule has 0 unspecified atom stereocenters. The number of hydrogen-bond donors (Lipinski definition) is 1. The lowest BCUT2D eigenvalue weighted by atomic mass is 10.1. The molecule has 18 heavy (non-hydrogen) atoms. The van der Waals surface area contributed by atoms with Gasteiger partial charge in [0.05, 0.1) is 11.8 Å². The summed E-state index contributed by atoms with van der Waals surface area (Å²) in [5, 5.41) is 17.6. The van der Waals surface area contributed by atoms with Gasteiger partial charge in [-0.3, -0.25) is 4.90 Å². The standard InChI is InChI=1S/C12H10F2N2O2/c1-2-16(12(17)18)11(5-6-15)9-4-3-8(13)7-10(9)14/h3-5,7H,2H2,1H3,(H,17,18)/b11-5+. The number of nitrogens with zero attached hydrogens (tertiary/aromatic N) is 2. The van der Waals surface area contributed by atoms with Crippen molar-refractivity contribution in [2.75, 3.05) is 6.54 Å². The van der Waals surface area contributed by atoms with Gasteiger partial charge in [-0.1, -0.05) is 0 Å². The number of hydrogen-bond acceptors (Lipinski definition) is 2. The normalized spacial score (nSPS) is 10.9. The van der Waals surface area contributed by atoms with Crippen LogP contribution in [0, 0.1) is 23.0 Å². The summed E-state index contributed by atoms with van der Waals surface area (Å²) in [6.07, 6.45) is -0.406. The second-order valence-electron chi connectivity index (χ2n) is 3.31. The molecular weight excluding hydrogens is 242 g/mol. The number of nitriles is 1. The van der Waals surface area contributed by atoms with E-state index in [9.17, 15) is 13.6 Å². The van der Waals surface area contributed by atoms with E-state index < -0.39 is 17.7 Å². The van der Waals surface area contributed by atoms with Crippen LogP contribution in [-0.2, 0) is 0 Å². The van der Waals surface area contributed by atoms with E-state index in [2.05, 4.69) is 0 Å². The van der Waals surface area contributed by atoms with Crippen molar-refractivity contribution in [3.63, 3.8) is 0 Å². The highest BCUT2D eigenvalue weighted by atomic mass is 19.1. The van der Waals surface area contributed by atoms with Gasteiger partial charge in [-0.2, -0.15) is 5.26 Å². The molecule has 0 aliphatic carbocycles. The summed E-state index contributed by atoms with van der Waals surface area (Å²) in [6, 6.07) is 4.38. The minimum Gasteiger partial charge on any atom is -0.465 e. The number of amides is 1. The van der Waals surface area contributed by atoms with Gasteiger partial charge in [-0.05, 0) is 19.1 Å². The maximum atomic E-state index is 13.6. The Hall–Kier alpha value is -2.42. The van der Waals surface area contributed by atoms with Crippen molar-refractivity contribution in [2.24, 2.45) is 0 Å². The highest BCUT2D eigenvalue weighted by molar-refractivity contribution is 5.81. The number of allylic oxidation sites excluding steroid dienone is 1. The third kappa shape index (κ3) is 2.83. The van der Waals surface area contributed by atoms with Crippen LogP contribution in [0.5, 0.6) is 0 Å². The van der Waals surface area contributed by atoms with Gasteiger partial charge in [0.2, 0.25) is 0 Å². The maximum Gasteiger partial charge on any atom is 0.411 e. The van der Waals surface area contributed by atoms with E-state index in [0.29, 0.717) is 6.07 Å². The van der Waals surface area contributed by atoms with E-state index >= 15 is 0 Å². The van der Waals surface area contributed by atoms with Gasteiger partial charge < -0.3 is 5.11 Å². The number of carbonyl (C=O) groups is 1. The van der Waals surface area contributed by atoms with Crippen molar-refractivity contribution in [2.45, 2.75) is 6.92 Å². The molecular formula is C12H10F2N2O2. The minimum atomic E-state index is -1.32. The molecule has 0 saturated heterocycles. The van der Waals surface area contributed by atoms with Gasteiger partial charge in [-0.25, -0.2) is 13.6 Å². The van der Waals surface area contributed by atoms with Crippen LogP contribution in [0.25, 0.3) is 5.70 Å². The van der Waals surface area contributed by atoms with Crippen molar-refractivity contribution >= 4 is 11.8 Å². The monoisotopic (exact) mass is 252 g/mol. The molecule has 0 aliphatic rings. The molecule has 1 N–H and O–H groups in total. The Kier molecular flexibility index (Phi) is 4.38. The fourth-order valence-corrected chi connectivity index (χ4v) is 1.47. The first-order chi connectivity index (χ1) is 8.51. The van der Waals surface area contributed by atoms with Crippen LogP contribution >= 0.6 is 0 Å². The summed E-state index contributed by atoms with van der Waals surface area (Å²) in [7, 11) is 0.